The monoisotopic (exact) mass is 329 g/mol. The van der Waals surface area contributed by atoms with Crippen LogP contribution in [-0.2, 0) is 0 Å². The lowest BCUT2D eigenvalue weighted by Gasteiger charge is -2.11. The van der Waals surface area contributed by atoms with Crippen LogP contribution in [0.3, 0.4) is 0 Å². The van der Waals surface area contributed by atoms with Gasteiger partial charge in [0.25, 0.3) is 5.91 Å². The SMILES string of the molecule is COc1ccc(Br)c(C(=O)NCC2CCSC2)c1. The van der Waals surface area contributed by atoms with Gasteiger partial charge < -0.3 is 10.1 Å². The number of carbonyl (C=O) groups excluding carboxylic acids is 1. The Balaban J connectivity index is 1.98. The van der Waals surface area contributed by atoms with Crippen molar-refractivity contribution in [1.82, 2.24) is 5.32 Å². The molecule has 1 atom stereocenters. The van der Waals surface area contributed by atoms with Gasteiger partial charge in [0.1, 0.15) is 5.75 Å². The topological polar surface area (TPSA) is 38.3 Å². The Kier molecular flexibility index (Phi) is 4.95. The van der Waals surface area contributed by atoms with E-state index < -0.39 is 0 Å². The van der Waals surface area contributed by atoms with Gasteiger partial charge in [-0.15, -0.1) is 0 Å². The fourth-order valence-corrected chi connectivity index (χ4v) is 3.59. The summed E-state index contributed by atoms with van der Waals surface area (Å²) >= 11 is 5.35. The van der Waals surface area contributed by atoms with Gasteiger partial charge in [0.05, 0.1) is 12.7 Å². The Morgan fingerprint density at radius 2 is 2.44 bits per heavy atom. The van der Waals surface area contributed by atoms with Crippen LogP contribution in [-0.4, -0.2) is 31.1 Å². The highest BCUT2D eigenvalue weighted by Gasteiger charge is 2.17. The largest absolute Gasteiger partial charge is 0.497 e. The molecule has 0 bridgehead atoms. The molecule has 1 aliphatic heterocycles. The van der Waals surface area contributed by atoms with E-state index >= 15 is 0 Å². The molecule has 18 heavy (non-hydrogen) atoms. The second-order valence-electron chi connectivity index (χ2n) is 4.29. The molecule has 0 radical (unpaired) electrons. The number of hydrogen-bond acceptors (Lipinski definition) is 3. The molecule has 1 aromatic rings. The third-order valence-electron chi connectivity index (χ3n) is 2.99. The zero-order valence-corrected chi connectivity index (χ0v) is 12.6. The van der Waals surface area contributed by atoms with E-state index in [0.29, 0.717) is 17.2 Å². The number of methoxy groups -OCH3 is 1. The third-order valence-corrected chi connectivity index (χ3v) is 4.92. The minimum Gasteiger partial charge on any atom is -0.497 e. The Hall–Kier alpha value is -0.680. The van der Waals surface area contributed by atoms with Gasteiger partial charge >= 0.3 is 0 Å². The van der Waals surface area contributed by atoms with Crippen molar-refractivity contribution in [2.24, 2.45) is 5.92 Å². The molecule has 3 nitrogen and oxygen atoms in total. The predicted molar refractivity (Wildman–Crippen MR) is 78.5 cm³/mol. The summed E-state index contributed by atoms with van der Waals surface area (Å²) in [5.41, 5.74) is 0.625. The molecular weight excluding hydrogens is 314 g/mol. The van der Waals surface area contributed by atoms with Crippen molar-refractivity contribution in [2.45, 2.75) is 6.42 Å². The van der Waals surface area contributed by atoms with E-state index in [1.807, 2.05) is 23.9 Å². The number of rotatable bonds is 4. The first-order chi connectivity index (χ1) is 8.70. The third kappa shape index (κ3) is 3.42. The van der Waals surface area contributed by atoms with E-state index in [4.69, 9.17) is 4.74 Å². The molecule has 1 unspecified atom stereocenters. The number of ether oxygens (including phenoxy) is 1. The first kappa shape index (κ1) is 13.7. The van der Waals surface area contributed by atoms with Crippen LogP contribution in [0, 0.1) is 5.92 Å². The van der Waals surface area contributed by atoms with Gasteiger partial charge in [0.2, 0.25) is 0 Å². The average Bonchev–Trinajstić information content (AvgIpc) is 2.89. The molecule has 1 saturated heterocycles. The second-order valence-corrected chi connectivity index (χ2v) is 6.29. The highest BCUT2D eigenvalue weighted by Crippen LogP contribution is 2.24. The number of hydrogen-bond donors (Lipinski definition) is 1. The van der Waals surface area contributed by atoms with Gasteiger partial charge in [0, 0.05) is 11.0 Å². The zero-order chi connectivity index (χ0) is 13.0. The van der Waals surface area contributed by atoms with Crippen molar-refractivity contribution in [3.8, 4) is 5.75 Å². The molecule has 98 valence electrons. The summed E-state index contributed by atoms with van der Waals surface area (Å²) in [5, 5.41) is 3.00. The fraction of sp³-hybridized carbons (Fsp3) is 0.462. The van der Waals surface area contributed by atoms with Crippen LogP contribution in [0.1, 0.15) is 16.8 Å². The highest BCUT2D eigenvalue weighted by atomic mass is 79.9. The van der Waals surface area contributed by atoms with Gasteiger partial charge in [-0.1, -0.05) is 0 Å². The number of carbonyl (C=O) groups is 1. The molecular formula is C13H16BrNO2S. The van der Waals surface area contributed by atoms with Crippen LogP contribution < -0.4 is 10.1 Å². The summed E-state index contributed by atoms with van der Waals surface area (Å²) in [7, 11) is 1.60. The van der Waals surface area contributed by atoms with E-state index in [-0.39, 0.29) is 5.91 Å². The number of nitrogens with one attached hydrogen (secondary N) is 1. The van der Waals surface area contributed by atoms with Gasteiger partial charge in [-0.25, -0.2) is 0 Å². The molecule has 1 aromatic carbocycles. The average molecular weight is 330 g/mol. The Bertz CT molecular complexity index is 433. The summed E-state index contributed by atoms with van der Waals surface area (Å²) in [5.74, 6) is 3.63. The first-order valence-electron chi connectivity index (χ1n) is 5.90. The van der Waals surface area contributed by atoms with Crippen molar-refractivity contribution in [3.63, 3.8) is 0 Å². The minimum atomic E-state index is -0.0438. The summed E-state index contributed by atoms with van der Waals surface area (Å²) < 4.78 is 5.93. The summed E-state index contributed by atoms with van der Waals surface area (Å²) in [6.45, 7) is 0.759. The van der Waals surface area contributed by atoms with Gasteiger partial charge in [0.15, 0.2) is 0 Å². The second kappa shape index (κ2) is 6.48. The van der Waals surface area contributed by atoms with Crippen molar-refractivity contribution < 1.29 is 9.53 Å². The molecule has 1 N–H and O–H groups in total. The van der Waals surface area contributed by atoms with Crippen LogP contribution in [0.5, 0.6) is 5.75 Å². The first-order valence-corrected chi connectivity index (χ1v) is 7.85. The van der Waals surface area contributed by atoms with Crippen LogP contribution in [0.4, 0.5) is 0 Å². The van der Waals surface area contributed by atoms with Gasteiger partial charge in [-0.05, 0) is 58.0 Å². The Morgan fingerprint density at radius 1 is 1.61 bits per heavy atom. The normalized spacial score (nSPS) is 18.7. The number of benzene rings is 1. The summed E-state index contributed by atoms with van der Waals surface area (Å²) in [4.78, 5) is 12.1. The van der Waals surface area contributed by atoms with E-state index in [9.17, 15) is 4.79 Å². The van der Waals surface area contributed by atoms with Crippen LogP contribution in [0.25, 0.3) is 0 Å². The van der Waals surface area contributed by atoms with Crippen molar-refractivity contribution in [2.75, 3.05) is 25.2 Å². The van der Waals surface area contributed by atoms with Gasteiger partial charge in [-0.2, -0.15) is 11.8 Å². The maximum absolute atomic E-state index is 12.1. The van der Waals surface area contributed by atoms with Crippen molar-refractivity contribution in [1.29, 1.82) is 0 Å². The number of thioether (sulfide) groups is 1. The lowest BCUT2D eigenvalue weighted by atomic mass is 10.1. The van der Waals surface area contributed by atoms with Gasteiger partial charge in [-0.3, -0.25) is 4.79 Å². The zero-order valence-electron chi connectivity index (χ0n) is 10.2. The molecule has 0 aromatic heterocycles. The van der Waals surface area contributed by atoms with E-state index in [2.05, 4.69) is 21.2 Å². The summed E-state index contributed by atoms with van der Waals surface area (Å²) in [6, 6.07) is 5.41. The molecule has 2 rings (SSSR count). The molecule has 1 heterocycles. The Morgan fingerprint density at radius 3 is 3.11 bits per heavy atom. The lowest BCUT2D eigenvalue weighted by Crippen LogP contribution is -2.29. The van der Waals surface area contributed by atoms with E-state index in [1.165, 1.54) is 12.2 Å². The Labute approximate surface area is 120 Å². The standard InChI is InChI=1S/C13H16BrNO2S/c1-17-10-2-3-12(14)11(6-10)13(16)15-7-9-4-5-18-8-9/h2-3,6,9H,4-5,7-8H2,1H3,(H,15,16). The maximum Gasteiger partial charge on any atom is 0.252 e. The van der Waals surface area contributed by atoms with E-state index in [0.717, 1.165) is 16.8 Å². The highest BCUT2D eigenvalue weighted by molar-refractivity contribution is 9.10. The minimum absolute atomic E-state index is 0.0438. The molecule has 0 spiro atoms. The van der Waals surface area contributed by atoms with Crippen molar-refractivity contribution in [3.05, 3.63) is 28.2 Å². The smallest absolute Gasteiger partial charge is 0.252 e. The van der Waals surface area contributed by atoms with Crippen LogP contribution in [0.2, 0.25) is 0 Å². The number of amides is 1. The lowest BCUT2D eigenvalue weighted by molar-refractivity contribution is 0.0947. The molecule has 1 fully saturated rings. The maximum atomic E-state index is 12.1. The molecule has 0 aliphatic carbocycles. The number of halogens is 1. The molecule has 5 heteroatoms. The quantitative estimate of drug-likeness (QED) is 0.922. The van der Waals surface area contributed by atoms with E-state index in [1.54, 1.807) is 13.2 Å². The summed E-state index contributed by atoms with van der Waals surface area (Å²) in [6.07, 6.45) is 1.20. The molecule has 1 aliphatic rings. The molecule has 0 saturated carbocycles. The van der Waals surface area contributed by atoms with Crippen LogP contribution >= 0.6 is 27.7 Å². The fourth-order valence-electron chi connectivity index (χ4n) is 1.88. The van der Waals surface area contributed by atoms with Crippen LogP contribution in [0.15, 0.2) is 22.7 Å². The van der Waals surface area contributed by atoms with Crippen molar-refractivity contribution >= 4 is 33.6 Å². The molecule has 1 amide bonds. The predicted octanol–water partition coefficient (Wildman–Crippen LogP) is 2.94.